The van der Waals surface area contributed by atoms with Crippen molar-refractivity contribution in [3.8, 4) is 0 Å². The second-order valence-corrected chi connectivity index (χ2v) is 6.85. The number of benzene rings is 3. The lowest BCUT2D eigenvalue weighted by Crippen LogP contribution is -2.36. The van der Waals surface area contributed by atoms with Crippen LogP contribution in [0.2, 0.25) is 0 Å². The highest BCUT2D eigenvalue weighted by atomic mass is 32.2. The van der Waals surface area contributed by atoms with Crippen LogP contribution >= 0.6 is 11.8 Å². The highest BCUT2D eigenvalue weighted by Gasteiger charge is 2.11. The van der Waals surface area contributed by atoms with Gasteiger partial charge in [-0.2, -0.15) is 0 Å². The molecular formula is C20H19NOS. The molecule has 1 fully saturated rings. The smallest absolute Gasteiger partial charge is 0.0642 e. The monoisotopic (exact) mass is 321 g/mol. The molecule has 23 heavy (non-hydrogen) atoms. The van der Waals surface area contributed by atoms with Gasteiger partial charge in [0, 0.05) is 28.6 Å². The molecule has 0 aliphatic carbocycles. The van der Waals surface area contributed by atoms with Gasteiger partial charge in [0.25, 0.3) is 0 Å². The summed E-state index contributed by atoms with van der Waals surface area (Å²) in [6, 6.07) is 24.0. The van der Waals surface area contributed by atoms with E-state index >= 15 is 0 Å². The van der Waals surface area contributed by atoms with Gasteiger partial charge in [-0.1, -0.05) is 48.2 Å². The van der Waals surface area contributed by atoms with Crippen molar-refractivity contribution in [1.29, 1.82) is 0 Å². The van der Waals surface area contributed by atoms with E-state index in [0.29, 0.717) is 0 Å². The molecule has 3 aromatic carbocycles. The van der Waals surface area contributed by atoms with Crippen LogP contribution in [0.5, 0.6) is 0 Å². The zero-order valence-electron chi connectivity index (χ0n) is 12.9. The first-order chi connectivity index (χ1) is 11.4. The topological polar surface area (TPSA) is 12.5 Å². The first-order valence-corrected chi connectivity index (χ1v) is 8.79. The zero-order chi connectivity index (χ0) is 15.5. The van der Waals surface area contributed by atoms with Gasteiger partial charge in [-0.25, -0.2) is 0 Å². The normalized spacial score (nSPS) is 15.0. The van der Waals surface area contributed by atoms with Gasteiger partial charge in [-0.05, 0) is 41.1 Å². The average Bonchev–Trinajstić information content (AvgIpc) is 2.63. The standard InChI is InChI=1S/C20H19NOS/c1-2-5-17-14-20(9-8-16(17)4-1)23-19-7-3-6-18(15-19)21-10-12-22-13-11-21/h1-9,14-15H,10-13H2. The molecule has 0 spiro atoms. The Bertz CT molecular complexity index is 811. The van der Waals surface area contributed by atoms with Crippen molar-refractivity contribution >= 4 is 28.2 Å². The Balaban J connectivity index is 1.57. The molecule has 0 aromatic heterocycles. The number of hydrogen-bond acceptors (Lipinski definition) is 3. The quantitative estimate of drug-likeness (QED) is 0.686. The van der Waals surface area contributed by atoms with E-state index in [4.69, 9.17) is 4.74 Å². The van der Waals surface area contributed by atoms with E-state index < -0.39 is 0 Å². The third kappa shape index (κ3) is 3.36. The summed E-state index contributed by atoms with van der Waals surface area (Å²) in [6.45, 7) is 3.60. The molecule has 1 saturated heterocycles. The van der Waals surface area contributed by atoms with Crippen molar-refractivity contribution in [3.63, 3.8) is 0 Å². The summed E-state index contributed by atoms with van der Waals surface area (Å²) in [4.78, 5) is 4.96. The van der Waals surface area contributed by atoms with E-state index in [1.54, 1.807) is 0 Å². The maximum absolute atomic E-state index is 5.44. The molecule has 0 saturated carbocycles. The molecule has 0 atom stereocenters. The summed E-state index contributed by atoms with van der Waals surface area (Å²) < 4.78 is 5.44. The molecule has 0 radical (unpaired) electrons. The fourth-order valence-electron chi connectivity index (χ4n) is 2.93. The Hall–Kier alpha value is -1.97. The molecule has 1 heterocycles. The predicted molar refractivity (Wildman–Crippen MR) is 97.5 cm³/mol. The molecule has 4 rings (SSSR count). The molecule has 3 heteroatoms. The summed E-state index contributed by atoms with van der Waals surface area (Å²) in [6.07, 6.45) is 0. The van der Waals surface area contributed by atoms with E-state index in [1.807, 2.05) is 11.8 Å². The van der Waals surface area contributed by atoms with E-state index in [1.165, 1.54) is 26.3 Å². The molecule has 0 N–H and O–H groups in total. The Kier molecular flexibility index (Phi) is 4.22. The van der Waals surface area contributed by atoms with E-state index in [2.05, 4.69) is 71.6 Å². The van der Waals surface area contributed by atoms with Gasteiger partial charge in [0.05, 0.1) is 13.2 Å². The van der Waals surface area contributed by atoms with Crippen LogP contribution in [0.25, 0.3) is 10.8 Å². The predicted octanol–water partition coefficient (Wildman–Crippen LogP) is 4.83. The second kappa shape index (κ2) is 6.65. The minimum atomic E-state index is 0.821. The number of anilines is 1. The summed E-state index contributed by atoms with van der Waals surface area (Å²) in [5, 5.41) is 2.58. The summed E-state index contributed by atoms with van der Waals surface area (Å²) >= 11 is 1.82. The van der Waals surface area contributed by atoms with Crippen LogP contribution in [0.15, 0.2) is 76.5 Å². The largest absolute Gasteiger partial charge is 0.378 e. The fraction of sp³-hybridized carbons (Fsp3) is 0.200. The molecule has 2 nitrogen and oxygen atoms in total. The van der Waals surface area contributed by atoms with Crippen molar-refractivity contribution in [2.24, 2.45) is 0 Å². The maximum Gasteiger partial charge on any atom is 0.0642 e. The highest BCUT2D eigenvalue weighted by Crippen LogP contribution is 2.32. The molecule has 0 unspecified atom stereocenters. The van der Waals surface area contributed by atoms with Gasteiger partial charge in [-0.3, -0.25) is 0 Å². The van der Waals surface area contributed by atoms with Crippen LogP contribution in [0.4, 0.5) is 5.69 Å². The Morgan fingerprint density at radius 3 is 2.39 bits per heavy atom. The Labute approximate surface area is 141 Å². The number of fused-ring (bicyclic) bond motifs is 1. The van der Waals surface area contributed by atoms with Crippen LogP contribution in [-0.2, 0) is 4.74 Å². The average molecular weight is 321 g/mol. The first kappa shape index (κ1) is 14.6. The number of nitrogens with zero attached hydrogens (tertiary/aromatic N) is 1. The van der Waals surface area contributed by atoms with Gasteiger partial charge in [0.2, 0.25) is 0 Å². The van der Waals surface area contributed by atoms with Crippen molar-refractivity contribution in [2.45, 2.75) is 9.79 Å². The molecule has 1 aliphatic heterocycles. The Morgan fingerprint density at radius 1 is 0.739 bits per heavy atom. The summed E-state index contributed by atoms with van der Waals surface area (Å²) in [5.74, 6) is 0. The molecule has 1 aliphatic rings. The van der Waals surface area contributed by atoms with Crippen LogP contribution in [0, 0.1) is 0 Å². The van der Waals surface area contributed by atoms with Crippen LogP contribution in [0.3, 0.4) is 0 Å². The number of rotatable bonds is 3. The van der Waals surface area contributed by atoms with Crippen molar-refractivity contribution in [1.82, 2.24) is 0 Å². The third-order valence-electron chi connectivity index (χ3n) is 4.15. The van der Waals surface area contributed by atoms with Gasteiger partial charge >= 0.3 is 0 Å². The SMILES string of the molecule is c1cc(Sc2ccc3ccccc3c2)cc(N2CCOCC2)c1. The van der Waals surface area contributed by atoms with Crippen LogP contribution < -0.4 is 4.90 Å². The number of morpholine rings is 1. The highest BCUT2D eigenvalue weighted by molar-refractivity contribution is 7.99. The van der Waals surface area contributed by atoms with E-state index in [-0.39, 0.29) is 0 Å². The molecule has 0 amide bonds. The summed E-state index contributed by atoms with van der Waals surface area (Å²) in [5.41, 5.74) is 1.29. The van der Waals surface area contributed by atoms with Crippen molar-refractivity contribution in [3.05, 3.63) is 66.7 Å². The molecule has 3 aromatic rings. The lowest BCUT2D eigenvalue weighted by Gasteiger charge is -2.29. The molecular weight excluding hydrogens is 302 g/mol. The number of ether oxygens (including phenoxy) is 1. The van der Waals surface area contributed by atoms with E-state index in [0.717, 1.165) is 26.3 Å². The fourth-order valence-corrected chi connectivity index (χ4v) is 3.85. The first-order valence-electron chi connectivity index (χ1n) is 7.98. The third-order valence-corrected chi connectivity index (χ3v) is 5.13. The lowest BCUT2D eigenvalue weighted by atomic mass is 10.1. The lowest BCUT2D eigenvalue weighted by molar-refractivity contribution is 0.122. The van der Waals surface area contributed by atoms with Gasteiger partial charge < -0.3 is 9.64 Å². The number of hydrogen-bond donors (Lipinski definition) is 0. The summed E-state index contributed by atoms with van der Waals surface area (Å²) in [7, 11) is 0. The van der Waals surface area contributed by atoms with Crippen molar-refractivity contribution < 1.29 is 4.74 Å². The van der Waals surface area contributed by atoms with Gasteiger partial charge in [0.15, 0.2) is 0 Å². The second-order valence-electron chi connectivity index (χ2n) is 5.71. The van der Waals surface area contributed by atoms with Crippen LogP contribution in [-0.4, -0.2) is 26.3 Å². The zero-order valence-corrected chi connectivity index (χ0v) is 13.8. The molecule has 0 bridgehead atoms. The maximum atomic E-state index is 5.44. The van der Waals surface area contributed by atoms with E-state index in [9.17, 15) is 0 Å². The van der Waals surface area contributed by atoms with Gasteiger partial charge in [-0.15, -0.1) is 0 Å². The molecule has 116 valence electrons. The minimum absolute atomic E-state index is 0.821. The van der Waals surface area contributed by atoms with Crippen LogP contribution in [0.1, 0.15) is 0 Å². The van der Waals surface area contributed by atoms with Gasteiger partial charge in [0.1, 0.15) is 0 Å². The Morgan fingerprint density at radius 2 is 1.52 bits per heavy atom. The minimum Gasteiger partial charge on any atom is -0.378 e. The van der Waals surface area contributed by atoms with Crippen molar-refractivity contribution in [2.75, 3.05) is 31.2 Å².